The van der Waals surface area contributed by atoms with Crippen molar-refractivity contribution >= 4 is 29.0 Å². The van der Waals surface area contributed by atoms with Crippen molar-refractivity contribution in [2.24, 2.45) is 11.8 Å². The maximum atomic E-state index is 12.4. The monoisotopic (exact) mass is 585 g/mol. The molecule has 2 aliphatic heterocycles. The van der Waals surface area contributed by atoms with Crippen LogP contribution < -0.4 is 11.1 Å². The van der Waals surface area contributed by atoms with Gasteiger partial charge in [0.1, 0.15) is 17.7 Å². The van der Waals surface area contributed by atoms with Gasteiger partial charge in [0.2, 0.25) is 5.82 Å². The summed E-state index contributed by atoms with van der Waals surface area (Å²) in [6.45, 7) is 7.93. The van der Waals surface area contributed by atoms with Gasteiger partial charge in [-0.25, -0.2) is 19.7 Å². The molecule has 13 nitrogen and oxygen atoms in total. The standard InChI is InChI=1S/C27H37N7O6.C2H6/c1-2-29-25(37)22-20(35)21(36)26(40-22)34-15-30-19-23(28)31-18(32-24(19)34)9-5-8-16-10-12-33(13-11-16)27(38)39-14-17-6-3-4-7-17;1-2/h15-17,20-22,26,35-36H,2-4,6-8,10-14H2,1H3,(H,29,37)(H2,28,31,32);1-2H3/t20?,21-,22-,26+;/m0./s1. The van der Waals surface area contributed by atoms with Gasteiger partial charge in [0.25, 0.3) is 5.91 Å². The molecule has 0 spiro atoms. The molecule has 1 saturated carbocycles. The van der Waals surface area contributed by atoms with Crippen LogP contribution in [0.5, 0.6) is 0 Å². The van der Waals surface area contributed by atoms with Crippen LogP contribution in [0.25, 0.3) is 11.2 Å². The average Bonchev–Trinajstić information content (AvgIpc) is 3.74. The number of nitrogens with two attached hydrogens (primary N) is 1. The second-order valence-electron chi connectivity index (χ2n) is 10.7. The molecule has 13 heteroatoms. The van der Waals surface area contributed by atoms with Gasteiger partial charge in [0, 0.05) is 26.1 Å². The van der Waals surface area contributed by atoms with Gasteiger partial charge in [-0.1, -0.05) is 32.6 Å². The number of nitrogen functional groups attached to an aromatic ring is 1. The van der Waals surface area contributed by atoms with E-state index in [2.05, 4.69) is 32.1 Å². The van der Waals surface area contributed by atoms with Crippen molar-refractivity contribution in [3.8, 4) is 11.8 Å². The number of amides is 2. The number of nitrogens with one attached hydrogen (secondary N) is 1. The van der Waals surface area contributed by atoms with E-state index in [4.69, 9.17) is 15.2 Å². The van der Waals surface area contributed by atoms with Gasteiger partial charge in [0.05, 0.1) is 12.9 Å². The summed E-state index contributed by atoms with van der Waals surface area (Å²) in [5.74, 6) is 6.74. The van der Waals surface area contributed by atoms with Crippen LogP contribution in [0.1, 0.15) is 77.8 Å². The molecular formula is C29H43N7O6. The summed E-state index contributed by atoms with van der Waals surface area (Å²) >= 11 is 0. The molecule has 3 aliphatic rings. The molecule has 0 aromatic carbocycles. The van der Waals surface area contributed by atoms with Crippen molar-refractivity contribution in [1.82, 2.24) is 29.7 Å². The molecule has 0 radical (unpaired) electrons. The van der Waals surface area contributed by atoms with Crippen molar-refractivity contribution in [1.29, 1.82) is 0 Å². The van der Waals surface area contributed by atoms with Crippen LogP contribution in [0, 0.1) is 23.7 Å². The Balaban J connectivity index is 0.00000198. The first-order chi connectivity index (χ1) is 20.4. The van der Waals surface area contributed by atoms with E-state index in [1.807, 2.05) is 13.8 Å². The number of aromatic nitrogens is 4. The summed E-state index contributed by atoms with van der Waals surface area (Å²) in [5, 5.41) is 23.6. The van der Waals surface area contributed by atoms with Crippen LogP contribution >= 0.6 is 0 Å². The number of fused-ring (bicyclic) bond motifs is 1. The SMILES string of the molecule is CC.CCNC(=O)[C@H]1O[C@@H](n2cnc3c(N)nc(C#CCC4CCN(C(=O)OCC5CCCC5)CC4)nc32)[C@@H](O)C1O. The number of hydrogen-bond donors (Lipinski definition) is 4. The van der Waals surface area contributed by atoms with Gasteiger partial charge in [0.15, 0.2) is 23.8 Å². The van der Waals surface area contributed by atoms with Crippen molar-refractivity contribution in [3.05, 3.63) is 12.2 Å². The fraction of sp³-hybridized carbons (Fsp3) is 0.690. The van der Waals surface area contributed by atoms with E-state index in [0.29, 0.717) is 50.0 Å². The third-order valence-corrected chi connectivity index (χ3v) is 7.95. The summed E-state index contributed by atoms with van der Waals surface area (Å²) < 4.78 is 12.7. The van der Waals surface area contributed by atoms with Gasteiger partial charge >= 0.3 is 6.09 Å². The molecule has 4 atom stereocenters. The number of anilines is 1. The fourth-order valence-electron chi connectivity index (χ4n) is 5.61. The van der Waals surface area contributed by atoms with Crippen LogP contribution in [0.3, 0.4) is 0 Å². The molecule has 2 saturated heterocycles. The van der Waals surface area contributed by atoms with E-state index in [1.165, 1.54) is 23.7 Å². The minimum Gasteiger partial charge on any atom is -0.449 e. The van der Waals surface area contributed by atoms with Crippen LogP contribution in [-0.2, 0) is 14.3 Å². The molecule has 1 unspecified atom stereocenters. The number of likely N-dealkylation sites (N-methyl/N-ethyl adjacent to an activating group) is 1. The van der Waals surface area contributed by atoms with Gasteiger partial charge in [-0.2, -0.15) is 0 Å². The zero-order chi connectivity index (χ0) is 30.2. The van der Waals surface area contributed by atoms with Crippen molar-refractivity contribution in [3.63, 3.8) is 0 Å². The lowest BCUT2D eigenvalue weighted by Gasteiger charge is -2.30. The first-order valence-electron chi connectivity index (χ1n) is 15.1. The molecule has 3 fully saturated rings. The summed E-state index contributed by atoms with van der Waals surface area (Å²) in [4.78, 5) is 39.4. The zero-order valence-corrected chi connectivity index (χ0v) is 24.7. The van der Waals surface area contributed by atoms with E-state index in [9.17, 15) is 19.8 Å². The predicted molar refractivity (Wildman–Crippen MR) is 155 cm³/mol. The molecule has 5 N–H and O–H groups in total. The van der Waals surface area contributed by atoms with Crippen molar-refractivity contribution < 1.29 is 29.3 Å². The number of aliphatic hydroxyl groups is 2. The topological polar surface area (TPSA) is 178 Å². The molecule has 2 aromatic rings. The molecule has 5 rings (SSSR count). The second kappa shape index (κ2) is 14.6. The van der Waals surface area contributed by atoms with E-state index >= 15 is 0 Å². The lowest BCUT2D eigenvalue weighted by molar-refractivity contribution is -0.137. The second-order valence-corrected chi connectivity index (χ2v) is 10.7. The fourth-order valence-corrected chi connectivity index (χ4v) is 5.61. The summed E-state index contributed by atoms with van der Waals surface area (Å²) in [5.41, 5.74) is 6.68. The normalized spacial score (nSPS) is 24.5. The number of likely N-dealkylation sites (tertiary alicyclic amines) is 1. The number of ether oxygens (including phenoxy) is 2. The van der Waals surface area contributed by atoms with Gasteiger partial charge in [-0.3, -0.25) is 9.36 Å². The highest BCUT2D eigenvalue weighted by Gasteiger charge is 2.47. The average molecular weight is 586 g/mol. The highest BCUT2D eigenvalue weighted by molar-refractivity contribution is 5.83. The van der Waals surface area contributed by atoms with E-state index in [1.54, 1.807) is 11.8 Å². The Morgan fingerprint density at radius 1 is 1.12 bits per heavy atom. The largest absolute Gasteiger partial charge is 0.449 e. The third-order valence-electron chi connectivity index (χ3n) is 7.95. The minimum atomic E-state index is -1.42. The molecule has 0 bridgehead atoms. The Morgan fingerprint density at radius 3 is 2.52 bits per heavy atom. The summed E-state index contributed by atoms with van der Waals surface area (Å²) in [6, 6.07) is 0. The van der Waals surface area contributed by atoms with Crippen LogP contribution in [0.4, 0.5) is 10.6 Å². The Labute approximate surface area is 246 Å². The van der Waals surface area contributed by atoms with Crippen molar-refractivity contribution in [2.75, 3.05) is 32.0 Å². The molecule has 2 amide bonds. The van der Waals surface area contributed by atoms with E-state index in [-0.39, 0.29) is 23.4 Å². The number of rotatable bonds is 6. The molecule has 230 valence electrons. The lowest BCUT2D eigenvalue weighted by atomic mass is 9.94. The maximum Gasteiger partial charge on any atom is 0.409 e. The van der Waals surface area contributed by atoms with Crippen LogP contribution in [0.2, 0.25) is 0 Å². The number of carbonyl (C=O) groups is 2. The predicted octanol–water partition coefficient (Wildman–Crippen LogP) is 1.97. The molecule has 1 aliphatic carbocycles. The maximum absolute atomic E-state index is 12.4. The number of imidazole rings is 1. The van der Waals surface area contributed by atoms with Gasteiger partial charge in [-0.15, -0.1) is 0 Å². The Bertz CT molecular complexity index is 1280. The molecular weight excluding hydrogens is 542 g/mol. The summed E-state index contributed by atoms with van der Waals surface area (Å²) in [6.07, 6.45) is 3.07. The number of carbonyl (C=O) groups excluding carboxylic acids is 2. The Morgan fingerprint density at radius 2 is 1.83 bits per heavy atom. The van der Waals surface area contributed by atoms with E-state index < -0.39 is 30.4 Å². The number of hydrogen-bond acceptors (Lipinski definition) is 10. The minimum absolute atomic E-state index is 0.116. The van der Waals surface area contributed by atoms with Crippen molar-refractivity contribution in [2.45, 2.75) is 90.3 Å². The van der Waals surface area contributed by atoms with Gasteiger partial charge in [-0.05, 0) is 50.4 Å². The first kappa shape index (κ1) is 31.5. The highest BCUT2D eigenvalue weighted by atomic mass is 16.6. The third kappa shape index (κ3) is 7.11. The van der Waals surface area contributed by atoms with Gasteiger partial charge < -0.3 is 35.6 Å². The molecule has 2 aromatic heterocycles. The van der Waals surface area contributed by atoms with Crippen LogP contribution in [-0.4, -0.2) is 91.2 Å². The lowest BCUT2D eigenvalue weighted by Crippen LogP contribution is -2.42. The highest BCUT2D eigenvalue weighted by Crippen LogP contribution is 2.32. The Kier molecular flexibility index (Phi) is 11.0. The first-order valence-corrected chi connectivity index (χ1v) is 15.1. The zero-order valence-electron chi connectivity index (χ0n) is 24.7. The number of nitrogens with zero attached hydrogens (tertiary/aromatic N) is 5. The molecule has 42 heavy (non-hydrogen) atoms. The number of aliphatic hydroxyl groups excluding tert-OH is 2. The smallest absolute Gasteiger partial charge is 0.409 e. The number of piperidine rings is 1. The quantitative estimate of drug-likeness (QED) is 0.366. The molecule has 4 heterocycles. The van der Waals surface area contributed by atoms with Crippen LogP contribution in [0.15, 0.2) is 6.33 Å². The van der Waals surface area contributed by atoms with E-state index in [0.717, 1.165) is 25.7 Å². The summed E-state index contributed by atoms with van der Waals surface area (Å²) in [7, 11) is 0. The Hall–Kier alpha value is -3.47.